The number of aromatic nitrogens is 2. The maximum Gasteiger partial charge on any atom is 0.306 e. The van der Waals surface area contributed by atoms with Crippen molar-refractivity contribution in [1.82, 2.24) is 15.1 Å². The molecule has 2 unspecified atom stereocenters. The number of carboxylic acids is 1. The molecule has 2 rings (SSSR count). The van der Waals surface area contributed by atoms with Crippen molar-refractivity contribution in [3.05, 3.63) is 18.0 Å². The molecule has 1 saturated carbocycles. The van der Waals surface area contributed by atoms with E-state index < -0.39 is 5.97 Å². The van der Waals surface area contributed by atoms with Gasteiger partial charge in [-0.05, 0) is 31.4 Å². The molecule has 1 aromatic rings. The molecule has 106 valence electrons. The molecule has 19 heavy (non-hydrogen) atoms. The van der Waals surface area contributed by atoms with Gasteiger partial charge in [-0.15, -0.1) is 0 Å². The molecule has 0 radical (unpaired) electrons. The highest BCUT2D eigenvalue weighted by Gasteiger charge is 2.30. The zero-order chi connectivity index (χ0) is 13.7. The van der Waals surface area contributed by atoms with E-state index in [-0.39, 0.29) is 11.8 Å². The monoisotopic (exact) mass is 265 g/mol. The van der Waals surface area contributed by atoms with Crippen LogP contribution in [0.25, 0.3) is 0 Å². The number of carbonyl (C=O) groups is 1. The molecule has 0 saturated heterocycles. The summed E-state index contributed by atoms with van der Waals surface area (Å²) in [6.07, 6.45) is 6.83. The Labute approximate surface area is 114 Å². The van der Waals surface area contributed by atoms with Gasteiger partial charge in [0.25, 0.3) is 0 Å². The number of aryl methyl sites for hydroxylation is 1. The van der Waals surface area contributed by atoms with Crippen LogP contribution in [0.2, 0.25) is 0 Å². The molecule has 5 heteroatoms. The van der Waals surface area contributed by atoms with Crippen molar-refractivity contribution in [3.8, 4) is 0 Å². The summed E-state index contributed by atoms with van der Waals surface area (Å²) >= 11 is 0. The van der Waals surface area contributed by atoms with Gasteiger partial charge in [0, 0.05) is 31.9 Å². The van der Waals surface area contributed by atoms with Crippen LogP contribution in [0.3, 0.4) is 0 Å². The minimum atomic E-state index is -0.627. The Morgan fingerprint density at radius 2 is 2.32 bits per heavy atom. The van der Waals surface area contributed by atoms with Gasteiger partial charge in [0.1, 0.15) is 0 Å². The first-order chi connectivity index (χ1) is 9.18. The minimum absolute atomic E-state index is 0.155. The van der Waals surface area contributed by atoms with Crippen molar-refractivity contribution in [2.24, 2.45) is 18.9 Å². The predicted molar refractivity (Wildman–Crippen MR) is 72.9 cm³/mol. The maximum absolute atomic E-state index is 11.2. The summed E-state index contributed by atoms with van der Waals surface area (Å²) in [6.45, 7) is 1.69. The highest BCUT2D eigenvalue weighted by Crippen LogP contribution is 2.29. The van der Waals surface area contributed by atoms with Gasteiger partial charge in [-0.25, -0.2) is 0 Å². The highest BCUT2D eigenvalue weighted by atomic mass is 16.4. The molecule has 1 heterocycles. The first kappa shape index (κ1) is 14.1. The average molecular weight is 265 g/mol. The van der Waals surface area contributed by atoms with Crippen LogP contribution in [-0.2, 0) is 18.3 Å². The number of nitrogens with zero attached hydrogens (tertiary/aromatic N) is 2. The van der Waals surface area contributed by atoms with Crippen molar-refractivity contribution in [1.29, 1.82) is 0 Å². The number of carboxylic acid groups (broad SMARTS) is 1. The predicted octanol–water partition coefficient (Wildman–Crippen LogP) is 1.44. The standard InChI is InChI=1S/C14H23N3O2/c1-17-12(7-9-16-17)6-8-15-10-11-4-2-3-5-13(11)14(18)19/h7,9,11,13,15H,2-6,8,10H2,1H3,(H,18,19). The number of hydrogen-bond donors (Lipinski definition) is 2. The smallest absolute Gasteiger partial charge is 0.306 e. The van der Waals surface area contributed by atoms with Crippen molar-refractivity contribution >= 4 is 5.97 Å². The van der Waals surface area contributed by atoms with Crippen LogP contribution in [0.15, 0.2) is 12.3 Å². The van der Waals surface area contributed by atoms with Gasteiger partial charge in [0.05, 0.1) is 5.92 Å². The molecule has 1 aromatic heterocycles. The number of hydrogen-bond acceptors (Lipinski definition) is 3. The lowest BCUT2D eigenvalue weighted by Gasteiger charge is -2.28. The Morgan fingerprint density at radius 1 is 1.53 bits per heavy atom. The van der Waals surface area contributed by atoms with Gasteiger partial charge >= 0.3 is 5.97 Å². The van der Waals surface area contributed by atoms with Crippen molar-refractivity contribution in [2.45, 2.75) is 32.1 Å². The number of rotatable bonds is 6. The van der Waals surface area contributed by atoms with Crippen molar-refractivity contribution < 1.29 is 9.90 Å². The SMILES string of the molecule is Cn1nccc1CCNCC1CCCCC1C(=O)O. The van der Waals surface area contributed by atoms with E-state index in [4.69, 9.17) is 0 Å². The third kappa shape index (κ3) is 3.80. The van der Waals surface area contributed by atoms with Gasteiger partial charge in [-0.3, -0.25) is 9.48 Å². The van der Waals surface area contributed by atoms with Crippen LogP contribution in [0.5, 0.6) is 0 Å². The largest absolute Gasteiger partial charge is 0.481 e. The Bertz CT molecular complexity index is 417. The van der Waals surface area contributed by atoms with Crippen LogP contribution >= 0.6 is 0 Å². The average Bonchev–Trinajstić information content (AvgIpc) is 2.80. The second kappa shape index (κ2) is 6.70. The lowest BCUT2D eigenvalue weighted by atomic mass is 9.79. The second-order valence-corrected chi connectivity index (χ2v) is 5.39. The lowest BCUT2D eigenvalue weighted by molar-refractivity contribution is -0.144. The fourth-order valence-corrected chi connectivity index (χ4v) is 2.93. The molecular formula is C14H23N3O2. The molecule has 1 aliphatic carbocycles. The van der Waals surface area contributed by atoms with Gasteiger partial charge in [-0.2, -0.15) is 5.10 Å². The van der Waals surface area contributed by atoms with Crippen LogP contribution < -0.4 is 5.32 Å². The lowest BCUT2D eigenvalue weighted by Crippen LogP contribution is -2.35. The summed E-state index contributed by atoms with van der Waals surface area (Å²) in [6, 6.07) is 2.02. The number of nitrogens with one attached hydrogen (secondary N) is 1. The summed E-state index contributed by atoms with van der Waals surface area (Å²) in [5.41, 5.74) is 1.20. The van der Waals surface area contributed by atoms with Crippen LogP contribution in [-0.4, -0.2) is 33.9 Å². The molecule has 0 spiro atoms. The molecule has 0 bridgehead atoms. The van der Waals surface area contributed by atoms with E-state index in [9.17, 15) is 9.90 Å². The van der Waals surface area contributed by atoms with Gasteiger partial charge in [0.15, 0.2) is 0 Å². The van der Waals surface area contributed by atoms with Crippen LogP contribution in [0.4, 0.5) is 0 Å². The third-order valence-corrected chi connectivity index (χ3v) is 4.11. The third-order valence-electron chi connectivity index (χ3n) is 4.11. The van der Waals surface area contributed by atoms with E-state index in [0.717, 1.165) is 45.2 Å². The Morgan fingerprint density at radius 3 is 3.00 bits per heavy atom. The summed E-state index contributed by atoms with van der Waals surface area (Å²) in [4.78, 5) is 11.2. The minimum Gasteiger partial charge on any atom is -0.481 e. The first-order valence-electron chi connectivity index (χ1n) is 7.09. The zero-order valence-corrected chi connectivity index (χ0v) is 11.5. The van der Waals surface area contributed by atoms with Gasteiger partial charge < -0.3 is 10.4 Å². The van der Waals surface area contributed by atoms with Gasteiger partial charge in [-0.1, -0.05) is 12.8 Å². The fourth-order valence-electron chi connectivity index (χ4n) is 2.93. The molecule has 0 aromatic carbocycles. The summed E-state index contributed by atoms with van der Waals surface area (Å²) in [7, 11) is 1.94. The normalized spacial score (nSPS) is 23.4. The van der Waals surface area contributed by atoms with E-state index >= 15 is 0 Å². The van der Waals surface area contributed by atoms with Crippen LogP contribution in [0, 0.1) is 11.8 Å². The summed E-state index contributed by atoms with van der Waals surface area (Å²) < 4.78 is 1.88. The molecular weight excluding hydrogens is 242 g/mol. The molecule has 0 aliphatic heterocycles. The zero-order valence-electron chi connectivity index (χ0n) is 11.5. The molecule has 2 atom stereocenters. The topological polar surface area (TPSA) is 67.2 Å². The van der Waals surface area contributed by atoms with E-state index in [1.807, 2.05) is 17.8 Å². The molecule has 2 N–H and O–H groups in total. The fraction of sp³-hybridized carbons (Fsp3) is 0.714. The highest BCUT2D eigenvalue weighted by molar-refractivity contribution is 5.70. The first-order valence-corrected chi connectivity index (χ1v) is 7.09. The van der Waals surface area contributed by atoms with E-state index in [1.165, 1.54) is 5.69 Å². The molecule has 1 fully saturated rings. The Kier molecular flexibility index (Phi) is 4.96. The summed E-state index contributed by atoms with van der Waals surface area (Å²) in [5.74, 6) is -0.492. The molecule has 1 aliphatic rings. The summed E-state index contributed by atoms with van der Waals surface area (Å²) in [5, 5.41) is 16.7. The molecule has 0 amide bonds. The van der Waals surface area contributed by atoms with E-state index in [2.05, 4.69) is 10.4 Å². The van der Waals surface area contributed by atoms with E-state index in [0.29, 0.717) is 0 Å². The van der Waals surface area contributed by atoms with Crippen molar-refractivity contribution in [3.63, 3.8) is 0 Å². The Balaban J connectivity index is 1.72. The number of aliphatic carboxylic acids is 1. The Hall–Kier alpha value is -1.36. The van der Waals surface area contributed by atoms with Crippen LogP contribution in [0.1, 0.15) is 31.4 Å². The van der Waals surface area contributed by atoms with E-state index in [1.54, 1.807) is 6.20 Å². The van der Waals surface area contributed by atoms with Crippen molar-refractivity contribution in [2.75, 3.05) is 13.1 Å². The van der Waals surface area contributed by atoms with Gasteiger partial charge in [0.2, 0.25) is 0 Å². The molecule has 5 nitrogen and oxygen atoms in total. The maximum atomic E-state index is 11.2. The quantitative estimate of drug-likeness (QED) is 0.764. The second-order valence-electron chi connectivity index (χ2n) is 5.39.